The molecule has 6 heteroatoms. The topological polar surface area (TPSA) is 49.2 Å². The summed E-state index contributed by atoms with van der Waals surface area (Å²) in [6.45, 7) is 1.11. The Morgan fingerprint density at radius 1 is 0.923 bits per heavy atom. The molecule has 2 aromatic carbocycles. The lowest BCUT2D eigenvalue weighted by atomic mass is 10.2. The highest BCUT2D eigenvalue weighted by atomic mass is 35.5. The largest absolute Gasteiger partial charge is 0.486 e. The summed E-state index contributed by atoms with van der Waals surface area (Å²) < 4.78 is 13.4. The van der Waals surface area contributed by atoms with Crippen LogP contribution in [0.2, 0.25) is 5.02 Å². The van der Waals surface area contributed by atoms with E-state index < -0.39 is 0 Å². The Kier molecular flexibility index (Phi) is 3.53. The number of hydrogen-bond donors (Lipinski definition) is 0. The lowest BCUT2D eigenvalue weighted by molar-refractivity contribution is 0.171. The molecule has 3 heterocycles. The van der Waals surface area contributed by atoms with Gasteiger partial charge in [0.05, 0.1) is 11.2 Å². The van der Waals surface area contributed by atoms with E-state index in [1.807, 2.05) is 54.6 Å². The van der Waals surface area contributed by atoms with E-state index in [0.29, 0.717) is 23.9 Å². The van der Waals surface area contributed by atoms with Crippen LogP contribution >= 0.6 is 11.6 Å². The summed E-state index contributed by atoms with van der Waals surface area (Å²) in [4.78, 5) is 9.14. The van der Waals surface area contributed by atoms with Crippen molar-refractivity contribution in [2.45, 2.75) is 0 Å². The van der Waals surface area contributed by atoms with E-state index in [-0.39, 0.29) is 0 Å². The summed E-state index contributed by atoms with van der Waals surface area (Å²) in [5, 5.41) is 0.663. The molecule has 1 aliphatic rings. The molecule has 0 atom stereocenters. The molecule has 0 unspecified atom stereocenters. The Balaban J connectivity index is 1.77. The van der Waals surface area contributed by atoms with E-state index in [0.717, 1.165) is 34.1 Å². The second kappa shape index (κ2) is 6.04. The van der Waals surface area contributed by atoms with Gasteiger partial charge >= 0.3 is 0 Å². The molecule has 0 bridgehead atoms. The van der Waals surface area contributed by atoms with Gasteiger partial charge in [-0.1, -0.05) is 23.7 Å². The molecule has 0 aliphatic carbocycles. The van der Waals surface area contributed by atoms with Crippen molar-refractivity contribution in [2.24, 2.45) is 0 Å². The van der Waals surface area contributed by atoms with Crippen molar-refractivity contribution in [1.82, 2.24) is 14.5 Å². The smallest absolute Gasteiger partial charge is 0.178 e. The van der Waals surface area contributed by atoms with E-state index in [2.05, 4.69) is 9.55 Å². The third-order valence-corrected chi connectivity index (χ3v) is 4.53. The number of hydrogen-bond acceptors (Lipinski definition) is 4. The second-order valence-electron chi connectivity index (χ2n) is 5.96. The molecular formula is C20H14ClN3O2. The molecule has 0 radical (unpaired) electrons. The van der Waals surface area contributed by atoms with Crippen molar-refractivity contribution in [3.63, 3.8) is 0 Å². The monoisotopic (exact) mass is 363 g/mol. The minimum absolute atomic E-state index is 0.545. The van der Waals surface area contributed by atoms with Gasteiger partial charge in [0, 0.05) is 22.8 Å². The first kappa shape index (κ1) is 15.2. The molecule has 1 aliphatic heterocycles. The lowest BCUT2D eigenvalue weighted by Crippen LogP contribution is -2.15. The molecule has 0 amide bonds. The molecule has 0 fully saturated rings. The zero-order valence-electron chi connectivity index (χ0n) is 13.7. The fraction of sp³-hybridized carbons (Fsp3) is 0.100. The van der Waals surface area contributed by atoms with Crippen LogP contribution in [-0.2, 0) is 0 Å². The normalized spacial score (nSPS) is 13.1. The van der Waals surface area contributed by atoms with Gasteiger partial charge in [-0.25, -0.2) is 9.97 Å². The first-order chi connectivity index (χ1) is 12.8. The number of rotatable bonds is 2. The molecule has 0 spiro atoms. The number of nitrogens with zero attached hydrogens (tertiary/aromatic N) is 3. The van der Waals surface area contributed by atoms with Crippen LogP contribution in [0, 0.1) is 0 Å². The first-order valence-electron chi connectivity index (χ1n) is 8.29. The van der Waals surface area contributed by atoms with Gasteiger partial charge in [-0.2, -0.15) is 0 Å². The maximum absolute atomic E-state index is 6.20. The van der Waals surface area contributed by atoms with Crippen LogP contribution in [0.1, 0.15) is 0 Å². The Labute approximate surface area is 154 Å². The lowest BCUT2D eigenvalue weighted by Gasteiger charge is -2.19. The quantitative estimate of drug-likeness (QED) is 0.525. The van der Waals surface area contributed by atoms with Gasteiger partial charge in [-0.3, -0.25) is 4.57 Å². The predicted octanol–water partition coefficient (Wildman–Crippen LogP) is 4.51. The highest BCUT2D eigenvalue weighted by Crippen LogP contribution is 2.35. The molecule has 0 saturated carbocycles. The van der Waals surface area contributed by atoms with Gasteiger partial charge < -0.3 is 9.47 Å². The molecule has 5 nitrogen and oxygen atoms in total. The number of ether oxygens (including phenoxy) is 2. The average molecular weight is 364 g/mol. The number of halogens is 1. The Hall–Kier alpha value is -3.05. The van der Waals surface area contributed by atoms with E-state index >= 15 is 0 Å². The summed E-state index contributed by atoms with van der Waals surface area (Å²) in [7, 11) is 0. The molecule has 26 heavy (non-hydrogen) atoms. The minimum atomic E-state index is 0.545. The summed E-state index contributed by atoms with van der Waals surface area (Å²) in [6.07, 6.45) is 1.74. The molecule has 4 aromatic rings. The number of benzene rings is 2. The molecular weight excluding hydrogens is 350 g/mol. The highest BCUT2D eigenvalue weighted by molar-refractivity contribution is 6.30. The van der Waals surface area contributed by atoms with Gasteiger partial charge in [-0.15, -0.1) is 0 Å². The summed E-state index contributed by atoms with van der Waals surface area (Å²) in [5.74, 6) is 2.27. The third kappa shape index (κ3) is 2.48. The van der Waals surface area contributed by atoms with Crippen molar-refractivity contribution >= 4 is 22.8 Å². The summed E-state index contributed by atoms with van der Waals surface area (Å²) >= 11 is 6.20. The van der Waals surface area contributed by atoms with Crippen LogP contribution in [0.5, 0.6) is 11.5 Å². The fourth-order valence-corrected chi connectivity index (χ4v) is 3.36. The molecule has 5 rings (SSSR count). The van der Waals surface area contributed by atoms with Gasteiger partial charge in [0.25, 0.3) is 0 Å². The van der Waals surface area contributed by atoms with Crippen LogP contribution in [-0.4, -0.2) is 27.7 Å². The number of fused-ring (bicyclic) bond motifs is 2. The van der Waals surface area contributed by atoms with Crippen molar-refractivity contribution < 1.29 is 9.47 Å². The number of pyridine rings is 1. The zero-order valence-corrected chi connectivity index (χ0v) is 14.5. The van der Waals surface area contributed by atoms with Crippen molar-refractivity contribution in [2.75, 3.05) is 13.2 Å². The SMILES string of the molecule is Clc1cccc(-c2nc3ncccc3n2-c2ccc3c(c2)OCCO3)c1. The van der Waals surface area contributed by atoms with E-state index in [1.165, 1.54) is 0 Å². The summed E-state index contributed by atoms with van der Waals surface area (Å²) in [5.41, 5.74) is 3.45. The van der Waals surface area contributed by atoms with E-state index in [1.54, 1.807) is 6.20 Å². The maximum atomic E-state index is 6.20. The number of aromatic nitrogens is 3. The standard InChI is InChI=1S/C20H14ClN3O2/c21-14-4-1-3-13(11-14)20-23-19-16(5-2-8-22-19)24(20)15-6-7-17-18(12-15)26-10-9-25-17/h1-8,11-12H,9-10H2. The van der Waals surface area contributed by atoms with Crippen LogP contribution in [0.25, 0.3) is 28.2 Å². The van der Waals surface area contributed by atoms with Gasteiger partial charge in [-0.05, 0) is 36.4 Å². The van der Waals surface area contributed by atoms with Gasteiger partial charge in [0.15, 0.2) is 17.1 Å². The van der Waals surface area contributed by atoms with Gasteiger partial charge in [0.2, 0.25) is 0 Å². The maximum Gasteiger partial charge on any atom is 0.178 e. The highest BCUT2D eigenvalue weighted by Gasteiger charge is 2.18. The van der Waals surface area contributed by atoms with Crippen molar-refractivity contribution in [3.8, 4) is 28.6 Å². The molecule has 128 valence electrons. The van der Waals surface area contributed by atoms with Crippen LogP contribution in [0.15, 0.2) is 60.8 Å². The van der Waals surface area contributed by atoms with Crippen LogP contribution in [0.4, 0.5) is 0 Å². The Morgan fingerprint density at radius 2 is 1.81 bits per heavy atom. The summed E-state index contributed by atoms with van der Waals surface area (Å²) in [6, 6.07) is 17.4. The van der Waals surface area contributed by atoms with E-state index in [9.17, 15) is 0 Å². The second-order valence-corrected chi connectivity index (χ2v) is 6.39. The molecule has 0 N–H and O–H groups in total. The average Bonchev–Trinajstić information content (AvgIpc) is 3.07. The molecule has 2 aromatic heterocycles. The minimum Gasteiger partial charge on any atom is -0.486 e. The van der Waals surface area contributed by atoms with Crippen LogP contribution < -0.4 is 9.47 Å². The third-order valence-electron chi connectivity index (χ3n) is 4.30. The van der Waals surface area contributed by atoms with Crippen molar-refractivity contribution in [1.29, 1.82) is 0 Å². The fourth-order valence-electron chi connectivity index (χ4n) is 3.17. The predicted molar refractivity (Wildman–Crippen MR) is 100 cm³/mol. The first-order valence-corrected chi connectivity index (χ1v) is 8.67. The van der Waals surface area contributed by atoms with E-state index in [4.69, 9.17) is 26.1 Å². The number of imidazole rings is 1. The zero-order chi connectivity index (χ0) is 17.5. The van der Waals surface area contributed by atoms with Crippen molar-refractivity contribution in [3.05, 3.63) is 65.8 Å². The van der Waals surface area contributed by atoms with Crippen LogP contribution in [0.3, 0.4) is 0 Å². The molecule has 0 saturated heterocycles. The Morgan fingerprint density at radius 3 is 2.69 bits per heavy atom. The Bertz CT molecular complexity index is 1120. The van der Waals surface area contributed by atoms with Gasteiger partial charge in [0.1, 0.15) is 19.0 Å².